The molecule has 1 rings (SSSR count). The zero-order valence-corrected chi connectivity index (χ0v) is 12.8. The first kappa shape index (κ1) is 15.3. The van der Waals surface area contributed by atoms with Crippen molar-refractivity contribution in [3.05, 3.63) is 16.1 Å². The van der Waals surface area contributed by atoms with Gasteiger partial charge in [-0.2, -0.15) is 0 Å². The van der Waals surface area contributed by atoms with E-state index in [2.05, 4.69) is 25.8 Å². The maximum absolute atomic E-state index is 12.0. The van der Waals surface area contributed by atoms with Crippen molar-refractivity contribution in [3.63, 3.8) is 0 Å². The predicted octanol–water partition coefficient (Wildman–Crippen LogP) is 3.37. The number of hydrogen-bond acceptors (Lipinski definition) is 4. The maximum atomic E-state index is 12.0. The maximum Gasteiger partial charge on any atom is 0.168 e. The van der Waals surface area contributed by atoms with E-state index in [9.17, 15) is 4.79 Å². The lowest BCUT2D eigenvalue weighted by molar-refractivity contribution is -0.129. The number of nitrogens with zero attached hydrogens (tertiary/aromatic N) is 1. The molecule has 1 atom stereocenters. The summed E-state index contributed by atoms with van der Waals surface area (Å²) in [7, 11) is 0. The zero-order chi connectivity index (χ0) is 13.8. The number of Topliss-reactive ketones (excluding diaryl/α,β-unsaturated/α-hetero) is 1. The van der Waals surface area contributed by atoms with Crippen LogP contribution in [0.25, 0.3) is 0 Å². The summed E-state index contributed by atoms with van der Waals surface area (Å²) < 4.78 is 5.43. The molecule has 1 heterocycles. The van der Waals surface area contributed by atoms with Gasteiger partial charge in [-0.1, -0.05) is 27.7 Å². The lowest BCUT2D eigenvalue weighted by Gasteiger charge is -2.14. The molecule has 0 aliphatic carbocycles. The van der Waals surface area contributed by atoms with Crippen LogP contribution >= 0.6 is 11.3 Å². The fraction of sp³-hybridized carbons (Fsp3) is 0.714. The van der Waals surface area contributed by atoms with Crippen molar-refractivity contribution in [1.29, 1.82) is 0 Å². The SMILES string of the molecule is CCOC(CC)C(=O)Cc1nc(C(C)(C)C)cs1. The van der Waals surface area contributed by atoms with Gasteiger partial charge in [0.1, 0.15) is 11.1 Å². The van der Waals surface area contributed by atoms with Gasteiger partial charge in [0, 0.05) is 17.4 Å². The molecule has 0 fully saturated rings. The monoisotopic (exact) mass is 269 g/mol. The van der Waals surface area contributed by atoms with E-state index in [-0.39, 0.29) is 17.3 Å². The molecular weight excluding hydrogens is 246 g/mol. The van der Waals surface area contributed by atoms with E-state index in [0.717, 1.165) is 17.1 Å². The van der Waals surface area contributed by atoms with Crippen molar-refractivity contribution >= 4 is 17.1 Å². The molecule has 1 aromatic heterocycles. The topological polar surface area (TPSA) is 39.2 Å². The van der Waals surface area contributed by atoms with Crippen LogP contribution < -0.4 is 0 Å². The average Bonchev–Trinajstić information content (AvgIpc) is 2.73. The summed E-state index contributed by atoms with van der Waals surface area (Å²) in [5.74, 6) is 0.133. The smallest absolute Gasteiger partial charge is 0.168 e. The van der Waals surface area contributed by atoms with Crippen LogP contribution in [0, 0.1) is 0 Å². The minimum Gasteiger partial charge on any atom is -0.371 e. The van der Waals surface area contributed by atoms with Gasteiger partial charge in [-0.25, -0.2) is 4.98 Å². The van der Waals surface area contributed by atoms with Crippen LogP contribution in [-0.4, -0.2) is 23.5 Å². The second-order valence-electron chi connectivity index (χ2n) is 5.37. The number of aromatic nitrogens is 1. The molecule has 4 heteroatoms. The third-order valence-electron chi connectivity index (χ3n) is 2.74. The van der Waals surface area contributed by atoms with Crippen molar-refractivity contribution in [1.82, 2.24) is 4.98 Å². The van der Waals surface area contributed by atoms with E-state index in [1.807, 2.05) is 19.2 Å². The number of carbonyl (C=O) groups excluding carboxylic acids is 1. The third kappa shape index (κ3) is 4.18. The zero-order valence-electron chi connectivity index (χ0n) is 11.9. The van der Waals surface area contributed by atoms with Crippen LogP contribution in [0.15, 0.2) is 5.38 Å². The number of rotatable bonds is 6. The molecule has 0 aliphatic rings. The Balaban J connectivity index is 2.67. The molecule has 0 N–H and O–H groups in total. The molecule has 1 unspecified atom stereocenters. The first-order valence-corrected chi connectivity index (χ1v) is 7.35. The van der Waals surface area contributed by atoms with Gasteiger partial charge in [-0.3, -0.25) is 4.79 Å². The molecule has 0 spiro atoms. The Morgan fingerprint density at radius 3 is 2.56 bits per heavy atom. The first-order valence-electron chi connectivity index (χ1n) is 6.47. The Labute approximate surface area is 114 Å². The Hall–Kier alpha value is -0.740. The van der Waals surface area contributed by atoms with Gasteiger partial charge in [-0.05, 0) is 13.3 Å². The van der Waals surface area contributed by atoms with Crippen molar-refractivity contribution in [2.24, 2.45) is 0 Å². The van der Waals surface area contributed by atoms with E-state index in [4.69, 9.17) is 4.74 Å². The van der Waals surface area contributed by atoms with E-state index in [1.54, 1.807) is 11.3 Å². The van der Waals surface area contributed by atoms with Gasteiger partial charge in [0.05, 0.1) is 12.1 Å². The largest absolute Gasteiger partial charge is 0.371 e. The summed E-state index contributed by atoms with van der Waals surface area (Å²) in [4.78, 5) is 16.6. The molecule has 0 saturated heterocycles. The minimum absolute atomic E-state index is 0.0435. The van der Waals surface area contributed by atoms with E-state index in [0.29, 0.717) is 13.0 Å². The summed E-state index contributed by atoms with van der Waals surface area (Å²) in [6, 6.07) is 0. The van der Waals surface area contributed by atoms with Gasteiger partial charge in [-0.15, -0.1) is 11.3 Å². The highest BCUT2D eigenvalue weighted by molar-refractivity contribution is 7.09. The fourth-order valence-electron chi connectivity index (χ4n) is 1.64. The highest BCUT2D eigenvalue weighted by Crippen LogP contribution is 2.24. The second-order valence-corrected chi connectivity index (χ2v) is 6.31. The van der Waals surface area contributed by atoms with Gasteiger partial charge >= 0.3 is 0 Å². The fourth-order valence-corrected chi connectivity index (χ4v) is 2.67. The highest BCUT2D eigenvalue weighted by Gasteiger charge is 2.21. The van der Waals surface area contributed by atoms with Gasteiger partial charge in [0.15, 0.2) is 5.78 Å². The molecule has 0 saturated carbocycles. The quantitative estimate of drug-likeness (QED) is 0.795. The van der Waals surface area contributed by atoms with E-state index < -0.39 is 0 Å². The third-order valence-corrected chi connectivity index (χ3v) is 3.59. The Kier molecular flexibility index (Phi) is 5.47. The summed E-state index contributed by atoms with van der Waals surface area (Å²) >= 11 is 1.56. The highest BCUT2D eigenvalue weighted by atomic mass is 32.1. The predicted molar refractivity (Wildman–Crippen MR) is 75.2 cm³/mol. The lowest BCUT2D eigenvalue weighted by atomic mass is 9.93. The number of carbonyl (C=O) groups is 1. The molecule has 3 nitrogen and oxygen atoms in total. The van der Waals surface area contributed by atoms with Crippen LogP contribution in [0.2, 0.25) is 0 Å². The van der Waals surface area contributed by atoms with Gasteiger partial charge in [0.25, 0.3) is 0 Å². The Morgan fingerprint density at radius 2 is 2.11 bits per heavy atom. The number of ketones is 1. The van der Waals surface area contributed by atoms with Crippen LogP contribution in [0.5, 0.6) is 0 Å². The van der Waals surface area contributed by atoms with Crippen LogP contribution in [0.3, 0.4) is 0 Å². The molecule has 0 aliphatic heterocycles. The first-order chi connectivity index (χ1) is 8.38. The number of hydrogen-bond donors (Lipinski definition) is 0. The van der Waals surface area contributed by atoms with Crippen molar-refractivity contribution < 1.29 is 9.53 Å². The van der Waals surface area contributed by atoms with Gasteiger partial charge in [0.2, 0.25) is 0 Å². The summed E-state index contributed by atoms with van der Waals surface area (Å²) in [6.07, 6.45) is 0.834. The molecule has 0 amide bonds. The molecule has 102 valence electrons. The summed E-state index contributed by atoms with van der Waals surface area (Å²) in [5.41, 5.74) is 1.10. The van der Waals surface area contributed by atoms with Gasteiger partial charge < -0.3 is 4.74 Å². The minimum atomic E-state index is -0.281. The number of ether oxygens (including phenoxy) is 1. The van der Waals surface area contributed by atoms with Crippen molar-refractivity contribution in [2.75, 3.05) is 6.61 Å². The summed E-state index contributed by atoms with van der Waals surface area (Å²) in [6.45, 7) is 10.8. The normalized spacial score (nSPS) is 13.6. The number of thiazole rings is 1. The Morgan fingerprint density at radius 1 is 1.44 bits per heavy atom. The molecule has 0 radical (unpaired) electrons. The van der Waals surface area contributed by atoms with Crippen molar-refractivity contribution in [3.8, 4) is 0 Å². The Bertz CT molecular complexity index is 393. The molecule has 1 aromatic rings. The molecule has 18 heavy (non-hydrogen) atoms. The second kappa shape index (κ2) is 6.43. The molecule has 0 aromatic carbocycles. The van der Waals surface area contributed by atoms with Crippen LogP contribution in [0.1, 0.15) is 51.7 Å². The lowest BCUT2D eigenvalue weighted by Crippen LogP contribution is -2.25. The van der Waals surface area contributed by atoms with Crippen LogP contribution in [0.4, 0.5) is 0 Å². The molecular formula is C14H23NO2S. The standard InChI is InChI=1S/C14H23NO2S/c1-6-11(17-7-2)10(16)8-13-15-12(9-18-13)14(3,4)5/h9,11H,6-8H2,1-5H3. The average molecular weight is 269 g/mol. The van der Waals surface area contributed by atoms with E-state index >= 15 is 0 Å². The summed E-state index contributed by atoms with van der Waals surface area (Å²) in [5, 5.41) is 2.94. The van der Waals surface area contributed by atoms with E-state index in [1.165, 1.54) is 0 Å². The van der Waals surface area contributed by atoms with Crippen LogP contribution in [-0.2, 0) is 21.4 Å². The van der Waals surface area contributed by atoms with Crippen molar-refractivity contribution in [2.45, 2.75) is 59.0 Å². The molecule has 0 bridgehead atoms.